The van der Waals surface area contributed by atoms with Crippen LogP contribution in [0.25, 0.3) is 0 Å². The Labute approximate surface area is 390 Å². The Morgan fingerprint density at radius 1 is 0.613 bits per heavy atom. The SMILES string of the molecule is C[C@@H]1C[C@@H](CO)N(C(=O)CCCCCCC(=O)[C@H](CCCCNC(=O)CCCCOC(O)C(O)C(O)C(O)CCO)NC(=O)CCCCOC(O)C(O)C(O)C(O)CCO)C1.[Y]. The molecule has 0 spiro atoms. The number of likely N-dealkylation sites (tertiary alicyclic amines) is 1. The summed E-state index contributed by atoms with van der Waals surface area (Å²) in [5, 5.41) is 112. The standard InChI is InChI=1S/C41H77N3O17.Y/c1-27-24-28(26-47)44(25-27)35(53)16-5-3-2-4-13-30(48)29(43-34(52)15-8-11-23-61-41(59)39(57)37(55)32(50)18-21-46)12-6-9-19-42-33(51)14-7-10-22-60-40(58)38(56)36(54)31(49)17-20-45;/h27-29,31-32,36-41,45-47,49-50,54-59H,2-26H2,1H3,(H,42,51)(H,43,52);/t27-,28+,29+,31?,32?,36?,37?,38?,39?,40?,41?;/m1./s1. The first-order valence-corrected chi connectivity index (χ1v) is 22.0. The van der Waals surface area contributed by atoms with Gasteiger partial charge in [0, 0.05) is 97.9 Å². The quantitative estimate of drug-likeness (QED) is 0.0233. The fraction of sp³-hybridized carbons (Fsp3) is 0.902. The van der Waals surface area contributed by atoms with Gasteiger partial charge in [0.15, 0.2) is 18.4 Å². The van der Waals surface area contributed by atoms with E-state index in [1.807, 2.05) is 0 Å². The molecule has 0 saturated carbocycles. The number of hydrogen-bond acceptors (Lipinski definition) is 17. The van der Waals surface area contributed by atoms with Gasteiger partial charge >= 0.3 is 0 Å². The second-order valence-electron chi connectivity index (χ2n) is 16.1. The molecule has 8 unspecified atom stereocenters. The van der Waals surface area contributed by atoms with Crippen molar-refractivity contribution in [1.29, 1.82) is 0 Å². The van der Waals surface area contributed by atoms with Gasteiger partial charge in [-0.2, -0.15) is 0 Å². The minimum atomic E-state index is -1.82. The van der Waals surface area contributed by atoms with Gasteiger partial charge in [0.1, 0.15) is 24.4 Å². The van der Waals surface area contributed by atoms with Gasteiger partial charge in [-0.3, -0.25) is 19.2 Å². The first-order chi connectivity index (χ1) is 29.1. The van der Waals surface area contributed by atoms with Gasteiger partial charge in [0.05, 0.1) is 30.9 Å². The summed E-state index contributed by atoms with van der Waals surface area (Å²) in [6.07, 6.45) is -6.87. The first kappa shape index (κ1) is 60.7. The number of amides is 3. The molecule has 3 amide bonds. The summed E-state index contributed by atoms with van der Waals surface area (Å²) in [4.78, 5) is 52.9. The Morgan fingerprint density at radius 2 is 1.11 bits per heavy atom. The Bertz CT molecular complexity index is 1210. The maximum absolute atomic E-state index is 13.3. The summed E-state index contributed by atoms with van der Waals surface area (Å²) in [5.41, 5.74) is 0. The third-order valence-electron chi connectivity index (χ3n) is 10.8. The predicted octanol–water partition coefficient (Wildman–Crippen LogP) is -2.16. The maximum atomic E-state index is 13.3. The van der Waals surface area contributed by atoms with Gasteiger partial charge in [-0.25, -0.2) is 0 Å². The summed E-state index contributed by atoms with van der Waals surface area (Å²) in [7, 11) is 0. The molecule has 1 radical (unpaired) electrons. The van der Waals surface area contributed by atoms with E-state index in [4.69, 9.17) is 19.7 Å². The number of hydrogen-bond donors (Lipinski definition) is 13. The number of unbranched alkanes of at least 4 members (excludes halogenated alkanes) is 6. The molecule has 21 heteroatoms. The van der Waals surface area contributed by atoms with E-state index in [0.29, 0.717) is 83.2 Å². The number of Topliss-reactive ketones (excluding diaryl/α,β-unsaturated/α-hetero) is 1. The second-order valence-corrected chi connectivity index (χ2v) is 16.1. The van der Waals surface area contributed by atoms with Crippen LogP contribution in [-0.4, -0.2) is 192 Å². The molecule has 11 atom stereocenters. The molecule has 1 aliphatic rings. The van der Waals surface area contributed by atoms with E-state index in [1.54, 1.807) is 4.90 Å². The number of carbonyl (C=O) groups excluding carboxylic acids is 4. The number of rotatable bonds is 37. The summed E-state index contributed by atoms with van der Waals surface area (Å²) in [6, 6.07) is -0.891. The second kappa shape index (κ2) is 35.9. The summed E-state index contributed by atoms with van der Waals surface area (Å²) >= 11 is 0. The predicted molar refractivity (Wildman–Crippen MR) is 219 cm³/mol. The van der Waals surface area contributed by atoms with Crippen LogP contribution >= 0.6 is 0 Å². The normalized spacial score (nSPS) is 19.6. The summed E-state index contributed by atoms with van der Waals surface area (Å²) < 4.78 is 10.2. The van der Waals surface area contributed by atoms with Gasteiger partial charge in [-0.1, -0.05) is 19.8 Å². The third-order valence-corrected chi connectivity index (χ3v) is 10.8. The fourth-order valence-corrected chi connectivity index (χ4v) is 7.03. The zero-order chi connectivity index (χ0) is 45.7. The van der Waals surface area contributed by atoms with Crippen molar-refractivity contribution in [2.24, 2.45) is 5.92 Å². The fourth-order valence-electron chi connectivity index (χ4n) is 7.03. The maximum Gasteiger partial charge on any atom is 0.222 e. The molecule has 1 heterocycles. The van der Waals surface area contributed by atoms with Crippen molar-refractivity contribution in [3.05, 3.63) is 0 Å². The number of ether oxygens (including phenoxy) is 2. The van der Waals surface area contributed by atoms with E-state index >= 15 is 0 Å². The van der Waals surface area contributed by atoms with Crippen molar-refractivity contribution in [1.82, 2.24) is 15.5 Å². The number of nitrogens with one attached hydrogen (secondary N) is 2. The molecule has 20 nitrogen and oxygen atoms in total. The third kappa shape index (κ3) is 25.4. The summed E-state index contributed by atoms with van der Waals surface area (Å²) in [6.45, 7) is 2.05. The zero-order valence-corrected chi connectivity index (χ0v) is 39.3. The molecule has 1 saturated heterocycles. The summed E-state index contributed by atoms with van der Waals surface area (Å²) in [5.74, 6) is -0.349. The van der Waals surface area contributed by atoms with Gasteiger partial charge in [0.25, 0.3) is 0 Å². The first-order valence-electron chi connectivity index (χ1n) is 22.0. The molecule has 13 N–H and O–H groups in total. The largest absolute Gasteiger partial charge is 0.396 e. The molecule has 0 aliphatic carbocycles. The number of aliphatic hydroxyl groups is 11. The monoisotopic (exact) mass is 972 g/mol. The number of ketones is 1. The van der Waals surface area contributed by atoms with E-state index in [0.717, 1.165) is 19.3 Å². The van der Waals surface area contributed by atoms with Crippen molar-refractivity contribution in [2.45, 2.75) is 184 Å². The smallest absolute Gasteiger partial charge is 0.222 e. The van der Waals surface area contributed by atoms with E-state index in [2.05, 4.69) is 17.6 Å². The molecule has 1 rings (SSSR count). The number of carbonyl (C=O) groups is 4. The van der Waals surface area contributed by atoms with E-state index < -0.39 is 68.5 Å². The molecule has 1 aliphatic heterocycles. The van der Waals surface area contributed by atoms with Crippen LogP contribution < -0.4 is 10.6 Å². The van der Waals surface area contributed by atoms with Crippen molar-refractivity contribution >= 4 is 23.5 Å². The Hall–Kier alpha value is -1.34. The Balaban J connectivity index is 0.0000372. The van der Waals surface area contributed by atoms with E-state index in [9.17, 15) is 65.1 Å². The molecule has 0 aromatic rings. The Morgan fingerprint density at radius 3 is 1.63 bits per heavy atom. The van der Waals surface area contributed by atoms with Gasteiger partial charge in [-0.05, 0) is 83.0 Å². The van der Waals surface area contributed by atoms with Crippen molar-refractivity contribution in [3.8, 4) is 0 Å². The van der Waals surface area contributed by atoms with Crippen molar-refractivity contribution in [3.63, 3.8) is 0 Å². The molecule has 0 bridgehead atoms. The Kier molecular flexibility index (Phi) is 35.1. The topological polar surface area (TPSA) is 337 Å². The van der Waals surface area contributed by atoms with Gasteiger partial charge in [0.2, 0.25) is 17.7 Å². The minimum Gasteiger partial charge on any atom is -0.396 e. The molecule has 62 heavy (non-hydrogen) atoms. The number of nitrogens with zero attached hydrogens (tertiary/aromatic N) is 1. The molecule has 361 valence electrons. The van der Waals surface area contributed by atoms with E-state index in [-0.39, 0.29) is 114 Å². The van der Waals surface area contributed by atoms with Crippen LogP contribution in [0.15, 0.2) is 0 Å². The van der Waals surface area contributed by atoms with Crippen molar-refractivity contribution in [2.75, 3.05) is 46.1 Å². The molecule has 0 aromatic heterocycles. The molecule has 0 aromatic carbocycles. The van der Waals surface area contributed by atoms with Crippen LogP contribution in [0.2, 0.25) is 0 Å². The van der Waals surface area contributed by atoms with Crippen LogP contribution in [-0.2, 0) is 61.4 Å². The number of aliphatic hydroxyl groups excluding tert-OH is 11. The average Bonchev–Trinajstić information content (AvgIpc) is 3.63. The van der Waals surface area contributed by atoms with Crippen LogP contribution in [0, 0.1) is 5.92 Å². The van der Waals surface area contributed by atoms with Crippen molar-refractivity contribution < 1.29 is 118 Å². The molecular weight excluding hydrogens is 895 g/mol. The van der Waals surface area contributed by atoms with Crippen LogP contribution in [0.1, 0.15) is 122 Å². The minimum absolute atomic E-state index is 0. The van der Waals surface area contributed by atoms with E-state index in [1.165, 1.54) is 0 Å². The molecule has 1 fully saturated rings. The van der Waals surface area contributed by atoms with Gasteiger partial charge < -0.3 is 81.2 Å². The average molecular weight is 973 g/mol. The molecular formula is C41H77N3O17Y. The van der Waals surface area contributed by atoms with Crippen LogP contribution in [0.3, 0.4) is 0 Å². The zero-order valence-electron chi connectivity index (χ0n) is 36.4. The van der Waals surface area contributed by atoms with Crippen LogP contribution in [0.5, 0.6) is 0 Å². The van der Waals surface area contributed by atoms with Crippen LogP contribution in [0.4, 0.5) is 0 Å². The van der Waals surface area contributed by atoms with Gasteiger partial charge in [-0.15, -0.1) is 0 Å².